The average molecular weight is 227 g/mol. The fourth-order valence-corrected chi connectivity index (χ4v) is 1.27. The number of amides is 1. The standard InChI is InChI=1S/C10H11ClN2O2/c1-7(12-13-10(15)6-14)8-4-2-3-5-9(8)11/h2-5,14H,6H2,1H3,(H,13,15)/b12-7-. The molecule has 0 fully saturated rings. The highest BCUT2D eigenvalue weighted by molar-refractivity contribution is 6.34. The van der Waals surface area contributed by atoms with Crippen molar-refractivity contribution in [1.29, 1.82) is 0 Å². The maximum absolute atomic E-state index is 10.7. The number of nitrogens with one attached hydrogen (secondary N) is 1. The zero-order valence-corrected chi connectivity index (χ0v) is 8.95. The topological polar surface area (TPSA) is 61.7 Å². The third kappa shape index (κ3) is 3.34. The maximum Gasteiger partial charge on any atom is 0.265 e. The van der Waals surface area contributed by atoms with E-state index >= 15 is 0 Å². The fourth-order valence-electron chi connectivity index (χ4n) is 0.996. The number of halogens is 1. The third-order valence-electron chi connectivity index (χ3n) is 1.76. The van der Waals surface area contributed by atoms with Crippen LogP contribution < -0.4 is 5.43 Å². The Morgan fingerprint density at radius 3 is 2.80 bits per heavy atom. The van der Waals surface area contributed by atoms with E-state index in [1.54, 1.807) is 19.1 Å². The molecule has 0 saturated carbocycles. The van der Waals surface area contributed by atoms with Crippen molar-refractivity contribution in [2.45, 2.75) is 6.92 Å². The van der Waals surface area contributed by atoms with Crippen LogP contribution in [0.5, 0.6) is 0 Å². The third-order valence-corrected chi connectivity index (χ3v) is 2.09. The molecule has 15 heavy (non-hydrogen) atoms. The van der Waals surface area contributed by atoms with Gasteiger partial charge < -0.3 is 5.11 Å². The molecule has 0 aliphatic heterocycles. The van der Waals surface area contributed by atoms with Gasteiger partial charge >= 0.3 is 0 Å². The van der Waals surface area contributed by atoms with Gasteiger partial charge in [0.25, 0.3) is 5.91 Å². The van der Waals surface area contributed by atoms with Crippen LogP contribution in [0.1, 0.15) is 12.5 Å². The molecule has 0 saturated heterocycles. The first-order valence-corrected chi connectivity index (χ1v) is 4.72. The lowest BCUT2D eigenvalue weighted by molar-refractivity contribution is -0.123. The highest BCUT2D eigenvalue weighted by Gasteiger charge is 2.03. The molecule has 0 aromatic heterocycles. The van der Waals surface area contributed by atoms with Crippen LogP contribution >= 0.6 is 11.6 Å². The summed E-state index contributed by atoms with van der Waals surface area (Å²) in [5.41, 5.74) is 3.53. The molecule has 80 valence electrons. The van der Waals surface area contributed by atoms with Crippen molar-refractivity contribution in [2.75, 3.05) is 6.61 Å². The Balaban J connectivity index is 2.80. The molecule has 5 heteroatoms. The lowest BCUT2D eigenvalue weighted by Gasteiger charge is -2.03. The minimum atomic E-state index is -0.584. The summed E-state index contributed by atoms with van der Waals surface area (Å²) in [6.45, 7) is 1.14. The molecule has 0 atom stereocenters. The quantitative estimate of drug-likeness (QED) is 0.601. The van der Waals surface area contributed by atoms with Crippen molar-refractivity contribution < 1.29 is 9.90 Å². The number of benzene rings is 1. The second-order valence-corrected chi connectivity index (χ2v) is 3.28. The zero-order chi connectivity index (χ0) is 11.3. The summed E-state index contributed by atoms with van der Waals surface area (Å²) in [6, 6.07) is 7.18. The van der Waals surface area contributed by atoms with Crippen LogP contribution in [0, 0.1) is 0 Å². The van der Waals surface area contributed by atoms with Crippen LogP contribution in [0.3, 0.4) is 0 Å². The summed E-state index contributed by atoms with van der Waals surface area (Å²) in [5.74, 6) is -0.554. The van der Waals surface area contributed by atoms with E-state index in [1.165, 1.54) is 0 Å². The Kier molecular flexibility index (Phi) is 4.27. The van der Waals surface area contributed by atoms with Crippen molar-refractivity contribution in [3.05, 3.63) is 34.9 Å². The van der Waals surface area contributed by atoms with E-state index in [0.717, 1.165) is 5.56 Å². The van der Waals surface area contributed by atoms with Gasteiger partial charge in [-0.1, -0.05) is 29.8 Å². The maximum atomic E-state index is 10.7. The number of carbonyl (C=O) groups excluding carboxylic acids is 1. The molecule has 1 aromatic rings. The van der Waals surface area contributed by atoms with Crippen molar-refractivity contribution in [1.82, 2.24) is 5.43 Å². The lowest BCUT2D eigenvalue weighted by Crippen LogP contribution is -2.22. The van der Waals surface area contributed by atoms with Crippen molar-refractivity contribution in [3.63, 3.8) is 0 Å². The Labute approximate surface area is 92.6 Å². The summed E-state index contributed by atoms with van der Waals surface area (Å²) in [7, 11) is 0. The molecular weight excluding hydrogens is 216 g/mol. The molecule has 2 N–H and O–H groups in total. The number of rotatable bonds is 3. The highest BCUT2D eigenvalue weighted by Crippen LogP contribution is 2.15. The average Bonchev–Trinajstić information content (AvgIpc) is 2.26. The molecule has 1 aromatic carbocycles. The minimum Gasteiger partial charge on any atom is -0.386 e. The number of aliphatic hydroxyl groups is 1. The van der Waals surface area contributed by atoms with Crippen LogP contribution in [0.4, 0.5) is 0 Å². The Bertz CT molecular complexity index is 391. The van der Waals surface area contributed by atoms with Gasteiger partial charge in [-0.25, -0.2) is 5.43 Å². The van der Waals surface area contributed by atoms with Gasteiger partial charge in [0, 0.05) is 10.6 Å². The van der Waals surface area contributed by atoms with Gasteiger partial charge in [-0.2, -0.15) is 5.10 Å². The number of nitrogens with zero attached hydrogens (tertiary/aromatic N) is 1. The predicted octanol–water partition coefficient (Wildman–Crippen LogP) is 1.17. The number of hydrogen-bond acceptors (Lipinski definition) is 3. The van der Waals surface area contributed by atoms with E-state index in [2.05, 4.69) is 10.5 Å². The fraction of sp³-hybridized carbons (Fsp3) is 0.200. The molecule has 0 bridgehead atoms. The van der Waals surface area contributed by atoms with E-state index < -0.39 is 12.5 Å². The summed E-state index contributed by atoms with van der Waals surface area (Å²) in [6.07, 6.45) is 0. The van der Waals surface area contributed by atoms with Gasteiger partial charge in [0.15, 0.2) is 0 Å². The van der Waals surface area contributed by atoms with Gasteiger partial charge in [-0.3, -0.25) is 4.79 Å². The monoisotopic (exact) mass is 226 g/mol. The number of aliphatic hydroxyl groups excluding tert-OH is 1. The summed E-state index contributed by atoms with van der Waals surface area (Å²) in [4.78, 5) is 10.7. The molecular formula is C10H11ClN2O2. The molecule has 1 rings (SSSR count). The van der Waals surface area contributed by atoms with E-state index in [1.807, 2.05) is 12.1 Å². The second-order valence-electron chi connectivity index (χ2n) is 2.87. The zero-order valence-electron chi connectivity index (χ0n) is 8.20. The molecule has 0 aliphatic carbocycles. The number of carbonyl (C=O) groups is 1. The minimum absolute atomic E-state index is 0.554. The molecule has 4 nitrogen and oxygen atoms in total. The summed E-state index contributed by atoms with van der Waals surface area (Å²) < 4.78 is 0. The van der Waals surface area contributed by atoms with Crippen LogP contribution in [-0.4, -0.2) is 23.3 Å². The molecule has 1 amide bonds. The molecule has 0 spiro atoms. The van der Waals surface area contributed by atoms with Gasteiger partial charge in [-0.05, 0) is 13.0 Å². The lowest BCUT2D eigenvalue weighted by atomic mass is 10.1. The first-order valence-electron chi connectivity index (χ1n) is 4.34. The number of hydrazone groups is 1. The highest BCUT2D eigenvalue weighted by atomic mass is 35.5. The van der Waals surface area contributed by atoms with Gasteiger partial charge in [0.1, 0.15) is 6.61 Å². The van der Waals surface area contributed by atoms with Gasteiger partial charge in [-0.15, -0.1) is 0 Å². The SMILES string of the molecule is C/C(=N/NC(=O)CO)c1ccccc1Cl. The second kappa shape index (κ2) is 5.48. The predicted molar refractivity (Wildman–Crippen MR) is 58.9 cm³/mol. The van der Waals surface area contributed by atoms with Crippen LogP contribution in [0.2, 0.25) is 5.02 Å². The van der Waals surface area contributed by atoms with E-state index in [9.17, 15) is 4.79 Å². The Morgan fingerprint density at radius 1 is 1.53 bits per heavy atom. The van der Waals surface area contributed by atoms with E-state index in [4.69, 9.17) is 16.7 Å². The molecule has 0 heterocycles. The molecule has 0 aliphatic rings. The van der Waals surface area contributed by atoms with E-state index in [-0.39, 0.29) is 0 Å². The number of hydrogen-bond donors (Lipinski definition) is 2. The van der Waals surface area contributed by atoms with Gasteiger partial charge in [0.05, 0.1) is 5.71 Å². The summed E-state index contributed by atoms with van der Waals surface area (Å²) in [5, 5.41) is 12.8. The smallest absolute Gasteiger partial charge is 0.265 e. The first kappa shape index (κ1) is 11.7. The van der Waals surface area contributed by atoms with Crippen LogP contribution in [0.25, 0.3) is 0 Å². The molecule has 0 unspecified atom stereocenters. The Morgan fingerprint density at radius 2 is 2.20 bits per heavy atom. The van der Waals surface area contributed by atoms with E-state index in [0.29, 0.717) is 10.7 Å². The van der Waals surface area contributed by atoms with Crippen molar-refractivity contribution in [3.8, 4) is 0 Å². The first-order chi connectivity index (χ1) is 7.15. The largest absolute Gasteiger partial charge is 0.386 e. The van der Waals surface area contributed by atoms with Crippen LogP contribution in [0.15, 0.2) is 29.4 Å². The normalized spacial score (nSPS) is 11.3. The molecule has 0 radical (unpaired) electrons. The summed E-state index contributed by atoms with van der Waals surface area (Å²) >= 11 is 5.93. The van der Waals surface area contributed by atoms with Crippen molar-refractivity contribution in [2.24, 2.45) is 5.10 Å². The van der Waals surface area contributed by atoms with Gasteiger partial charge in [0.2, 0.25) is 0 Å². The van der Waals surface area contributed by atoms with Crippen LogP contribution in [-0.2, 0) is 4.79 Å². The van der Waals surface area contributed by atoms with Crippen molar-refractivity contribution >= 4 is 23.2 Å². The Hall–Kier alpha value is -1.39.